The van der Waals surface area contributed by atoms with Crippen LogP contribution in [-0.2, 0) is 4.79 Å². The van der Waals surface area contributed by atoms with Crippen LogP contribution >= 0.6 is 0 Å². The van der Waals surface area contributed by atoms with Gasteiger partial charge in [0.1, 0.15) is 12.7 Å². The minimum Gasteiger partial charge on any atom is -0.488 e. The highest BCUT2D eigenvalue weighted by atomic mass is 19.3. The number of rotatable bonds is 6. The summed E-state index contributed by atoms with van der Waals surface area (Å²) in [7, 11) is 0. The van der Waals surface area contributed by atoms with Gasteiger partial charge in [0.2, 0.25) is 17.7 Å². The van der Waals surface area contributed by atoms with E-state index in [1.165, 1.54) is 6.20 Å². The van der Waals surface area contributed by atoms with E-state index in [2.05, 4.69) is 14.7 Å². The molecule has 1 atom stereocenters. The van der Waals surface area contributed by atoms with Gasteiger partial charge in [-0.2, -0.15) is 8.78 Å². The summed E-state index contributed by atoms with van der Waals surface area (Å²) in [5.41, 5.74) is 1.99. The van der Waals surface area contributed by atoms with E-state index in [1.54, 1.807) is 25.3 Å². The maximum atomic E-state index is 12.5. The third kappa shape index (κ3) is 4.26. The van der Waals surface area contributed by atoms with Crippen LogP contribution in [0.3, 0.4) is 0 Å². The Bertz CT molecular complexity index is 1020. The van der Waals surface area contributed by atoms with Crippen LogP contribution in [0, 0.1) is 12.8 Å². The van der Waals surface area contributed by atoms with Gasteiger partial charge < -0.3 is 24.0 Å². The number of hydrogen-bond donors (Lipinski definition) is 0. The van der Waals surface area contributed by atoms with E-state index in [0.29, 0.717) is 43.4 Å². The summed E-state index contributed by atoms with van der Waals surface area (Å²) in [5.74, 6) is 1.40. The van der Waals surface area contributed by atoms with E-state index in [4.69, 9.17) is 9.47 Å². The van der Waals surface area contributed by atoms with Gasteiger partial charge in [-0.15, -0.1) is 0 Å². The standard InChI is InChI=1S/C22H24F2N4O4/c1-13-8-15(10-26-20(13)32-22(23)24)28-6-7-30-18-11-25-19(9-17(18)28)31-16-4-5-27(12-16)21(29)14-2-3-14/h8-11,14,16,22H,2-7,12H2,1H3. The Morgan fingerprint density at radius 3 is 2.78 bits per heavy atom. The zero-order chi connectivity index (χ0) is 22.2. The van der Waals surface area contributed by atoms with Crippen molar-refractivity contribution in [2.45, 2.75) is 38.9 Å². The molecule has 170 valence electrons. The number of anilines is 2. The Morgan fingerprint density at radius 2 is 2.03 bits per heavy atom. The van der Waals surface area contributed by atoms with E-state index < -0.39 is 6.61 Å². The first-order chi connectivity index (χ1) is 15.5. The van der Waals surface area contributed by atoms with Crippen LogP contribution in [0.15, 0.2) is 24.5 Å². The van der Waals surface area contributed by atoms with Gasteiger partial charge in [0.15, 0.2) is 5.75 Å². The topological polar surface area (TPSA) is 77.0 Å². The molecular formula is C22H24F2N4O4. The molecule has 1 aliphatic carbocycles. The Labute approximate surface area is 184 Å². The Morgan fingerprint density at radius 1 is 1.19 bits per heavy atom. The molecule has 2 aliphatic heterocycles. The lowest BCUT2D eigenvalue weighted by Crippen LogP contribution is -2.32. The normalized spacial score (nSPS) is 20.2. The lowest BCUT2D eigenvalue weighted by Gasteiger charge is -2.31. The molecule has 0 bridgehead atoms. The van der Waals surface area contributed by atoms with Crippen LogP contribution in [0.4, 0.5) is 20.2 Å². The van der Waals surface area contributed by atoms with Gasteiger partial charge in [-0.1, -0.05) is 0 Å². The predicted molar refractivity (Wildman–Crippen MR) is 111 cm³/mol. The van der Waals surface area contributed by atoms with Crippen LogP contribution in [0.25, 0.3) is 0 Å². The summed E-state index contributed by atoms with van der Waals surface area (Å²) in [6.45, 7) is 1.03. The third-order valence-electron chi connectivity index (χ3n) is 5.88. The molecule has 32 heavy (non-hydrogen) atoms. The molecule has 0 N–H and O–H groups in total. The van der Waals surface area contributed by atoms with Gasteiger partial charge >= 0.3 is 6.61 Å². The highest BCUT2D eigenvalue weighted by molar-refractivity contribution is 5.81. The van der Waals surface area contributed by atoms with Crippen molar-refractivity contribution in [2.75, 3.05) is 31.1 Å². The SMILES string of the molecule is Cc1cc(N2CCOc3cnc(OC4CCN(C(=O)C5CC5)C4)cc32)cnc1OC(F)F. The highest BCUT2D eigenvalue weighted by Crippen LogP contribution is 2.39. The molecule has 0 spiro atoms. The van der Waals surface area contributed by atoms with Crippen LogP contribution in [0.5, 0.6) is 17.5 Å². The summed E-state index contributed by atoms with van der Waals surface area (Å²) >= 11 is 0. The third-order valence-corrected chi connectivity index (χ3v) is 5.88. The largest absolute Gasteiger partial charge is 0.488 e. The van der Waals surface area contributed by atoms with Crippen LogP contribution in [0.2, 0.25) is 0 Å². The molecule has 4 heterocycles. The molecule has 10 heteroatoms. The number of ether oxygens (including phenoxy) is 3. The molecule has 1 saturated heterocycles. The van der Waals surface area contributed by atoms with Gasteiger partial charge in [0.05, 0.1) is 36.9 Å². The van der Waals surface area contributed by atoms with Gasteiger partial charge in [-0.05, 0) is 25.8 Å². The Hall–Kier alpha value is -3.17. The molecular weight excluding hydrogens is 422 g/mol. The van der Waals surface area contributed by atoms with Crippen molar-refractivity contribution in [2.24, 2.45) is 5.92 Å². The first kappa shape index (κ1) is 20.7. The molecule has 1 saturated carbocycles. The molecule has 1 amide bonds. The van der Waals surface area contributed by atoms with Gasteiger partial charge in [0.25, 0.3) is 0 Å². The zero-order valence-electron chi connectivity index (χ0n) is 17.7. The van der Waals surface area contributed by atoms with E-state index in [1.807, 2.05) is 9.80 Å². The van der Waals surface area contributed by atoms with Gasteiger partial charge in [-0.25, -0.2) is 9.97 Å². The summed E-state index contributed by atoms with van der Waals surface area (Å²) in [6, 6.07) is 3.55. The molecule has 2 fully saturated rings. The van der Waals surface area contributed by atoms with Crippen LogP contribution in [-0.4, -0.2) is 59.7 Å². The summed E-state index contributed by atoms with van der Waals surface area (Å²) in [5, 5.41) is 0. The van der Waals surface area contributed by atoms with E-state index in [9.17, 15) is 13.6 Å². The monoisotopic (exact) mass is 446 g/mol. The van der Waals surface area contributed by atoms with Crippen LogP contribution in [0.1, 0.15) is 24.8 Å². The molecule has 0 radical (unpaired) electrons. The second kappa shape index (κ2) is 8.40. The molecule has 2 aromatic rings. The number of hydrogen-bond acceptors (Lipinski definition) is 7. The average molecular weight is 446 g/mol. The first-order valence-corrected chi connectivity index (χ1v) is 10.7. The van der Waals surface area contributed by atoms with E-state index >= 15 is 0 Å². The molecule has 3 aliphatic rings. The number of amides is 1. The maximum absolute atomic E-state index is 12.5. The average Bonchev–Trinajstić information content (AvgIpc) is 3.53. The fourth-order valence-electron chi connectivity index (χ4n) is 4.12. The summed E-state index contributed by atoms with van der Waals surface area (Å²) in [4.78, 5) is 24.6. The van der Waals surface area contributed by atoms with E-state index in [-0.39, 0.29) is 23.8 Å². The minimum absolute atomic E-state index is 0.0949. The first-order valence-electron chi connectivity index (χ1n) is 10.7. The lowest BCUT2D eigenvalue weighted by molar-refractivity contribution is -0.131. The second-order valence-corrected chi connectivity index (χ2v) is 8.27. The predicted octanol–water partition coefficient (Wildman–Crippen LogP) is 3.31. The Kier molecular flexibility index (Phi) is 5.44. The lowest BCUT2D eigenvalue weighted by atomic mass is 10.2. The summed E-state index contributed by atoms with van der Waals surface area (Å²) < 4.78 is 41.4. The van der Waals surface area contributed by atoms with Crippen molar-refractivity contribution < 1.29 is 27.8 Å². The molecule has 5 rings (SSSR count). The fourth-order valence-corrected chi connectivity index (χ4v) is 4.12. The van der Waals surface area contributed by atoms with Crippen molar-refractivity contribution in [3.63, 3.8) is 0 Å². The molecule has 2 aromatic heterocycles. The molecule has 8 nitrogen and oxygen atoms in total. The number of halogens is 2. The number of likely N-dealkylation sites (tertiary alicyclic amines) is 1. The highest BCUT2D eigenvalue weighted by Gasteiger charge is 2.37. The number of aromatic nitrogens is 2. The summed E-state index contributed by atoms with van der Waals surface area (Å²) in [6.07, 6.45) is 5.77. The number of pyridine rings is 2. The fraction of sp³-hybridized carbons (Fsp3) is 0.500. The number of aryl methyl sites for hydroxylation is 1. The van der Waals surface area contributed by atoms with Crippen molar-refractivity contribution in [3.05, 3.63) is 30.1 Å². The number of alkyl halides is 2. The number of carbonyl (C=O) groups excluding carboxylic acids is 1. The van der Waals surface area contributed by atoms with E-state index in [0.717, 1.165) is 30.6 Å². The second-order valence-electron chi connectivity index (χ2n) is 8.27. The molecule has 1 unspecified atom stereocenters. The van der Waals surface area contributed by atoms with Crippen LogP contribution < -0.4 is 19.1 Å². The number of carbonyl (C=O) groups is 1. The number of fused-ring (bicyclic) bond motifs is 1. The quantitative estimate of drug-likeness (QED) is 0.674. The van der Waals surface area contributed by atoms with Crippen molar-refractivity contribution in [3.8, 4) is 17.5 Å². The van der Waals surface area contributed by atoms with Crippen molar-refractivity contribution in [1.82, 2.24) is 14.9 Å². The maximum Gasteiger partial charge on any atom is 0.388 e. The smallest absolute Gasteiger partial charge is 0.388 e. The van der Waals surface area contributed by atoms with Crippen molar-refractivity contribution >= 4 is 17.3 Å². The van der Waals surface area contributed by atoms with Gasteiger partial charge in [-0.3, -0.25) is 4.79 Å². The minimum atomic E-state index is -2.92. The number of nitrogens with zero attached hydrogens (tertiary/aromatic N) is 4. The van der Waals surface area contributed by atoms with Gasteiger partial charge in [0, 0.05) is 30.5 Å². The molecule has 0 aromatic carbocycles. The van der Waals surface area contributed by atoms with Crippen molar-refractivity contribution in [1.29, 1.82) is 0 Å². The Balaban J connectivity index is 1.32. The zero-order valence-corrected chi connectivity index (χ0v) is 17.7.